The number of hydrogen-bond donors (Lipinski definition) is 1. The van der Waals surface area contributed by atoms with Crippen LogP contribution >= 0.6 is 0 Å². The zero-order valence-electron chi connectivity index (χ0n) is 21.6. The normalized spacial score (nSPS) is 19.2. The van der Waals surface area contributed by atoms with Crippen LogP contribution in [0.3, 0.4) is 0 Å². The van der Waals surface area contributed by atoms with Gasteiger partial charge in [-0.05, 0) is 49.2 Å². The smallest absolute Gasteiger partial charge is 0.292 e. The Labute approximate surface area is 228 Å². The van der Waals surface area contributed by atoms with E-state index < -0.39 is 33.8 Å². The summed E-state index contributed by atoms with van der Waals surface area (Å²) >= 11 is 0. The first-order valence-corrected chi connectivity index (χ1v) is 14.0. The third kappa shape index (κ3) is 5.08. The molecule has 7 nitrogen and oxygen atoms in total. The lowest BCUT2D eigenvalue weighted by molar-refractivity contribution is -0.138. The summed E-state index contributed by atoms with van der Waals surface area (Å²) in [6.45, 7) is 3.67. The second kappa shape index (κ2) is 10.5. The van der Waals surface area contributed by atoms with E-state index in [1.807, 2.05) is 32.0 Å². The molecule has 1 aliphatic heterocycles. The van der Waals surface area contributed by atoms with Crippen LogP contribution in [0, 0.1) is 13.8 Å². The van der Waals surface area contributed by atoms with Crippen LogP contribution in [0.15, 0.2) is 114 Å². The Morgan fingerprint density at radius 1 is 0.846 bits per heavy atom. The fourth-order valence-electron chi connectivity index (χ4n) is 4.66. The molecule has 1 aliphatic rings. The molecule has 1 fully saturated rings. The summed E-state index contributed by atoms with van der Waals surface area (Å²) in [4.78, 5) is 27.7. The van der Waals surface area contributed by atoms with E-state index in [2.05, 4.69) is 5.32 Å². The van der Waals surface area contributed by atoms with Gasteiger partial charge < -0.3 is 10.1 Å². The van der Waals surface area contributed by atoms with Crippen molar-refractivity contribution < 1.29 is 22.7 Å². The van der Waals surface area contributed by atoms with Crippen LogP contribution in [0.5, 0.6) is 0 Å². The van der Waals surface area contributed by atoms with Crippen LogP contribution in [0.1, 0.15) is 38.8 Å². The second-order valence-electron chi connectivity index (χ2n) is 9.56. The van der Waals surface area contributed by atoms with E-state index in [1.54, 1.807) is 78.9 Å². The van der Waals surface area contributed by atoms with Crippen molar-refractivity contribution >= 4 is 21.8 Å². The first-order valence-electron chi connectivity index (χ1n) is 12.5. The molecule has 0 radical (unpaired) electrons. The van der Waals surface area contributed by atoms with Gasteiger partial charge in [-0.1, -0.05) is 90.5 Å². The molecule has 4 aromatic carbocycles. The Hall–Kier alpha value is -4.27. The van der Waals surface area contributed by atoms with Crippen LogP contribution in [-0.4, -0.2) is 30.3 Å². The zero-order valence-corrected chi connectivity index (χ0v) is 22.4. The number of carbonyl (C=O) groups is 2. The first-order chi connectivity index (χ1) is 18.7. The Bertz CT molecular complexity index is 1610. The topological polar surface area (TPSA) is 92.8 Å². The summed E-state index contributed by atoms with van der Waals surface area (Å²) in [6, 6.07) is 30.9. The van der Waals surface area contributed by atoms with Gasteiger partial charge >= 0.3 is 0 Å². The van der Waals surface area contributed by atoms with Gasteiger partial charge in [-0.15, -0.1) is 0 Å². The van der Waals surface area contributed by atoms with E-state index in [0.29, 0.717) is 16.7 Å². The van der Waals surface area contributed by atoms with Gasteiger partial charge in [0.05, 0.1) is 4.90 Å². The van der Waals surface area contributed by atoms with Crippen LogP contribution in [0.2, 0.25) is 0 Å². The molecule has 0 saturated carbocycles. The number of benzene rings is 4. The van der Waals surface area contributed by atoms with Crippen LogP contribution in [-0.2, 0) is 26.0 Å². The highest BCUT2D eigenvalue weighted by Gasteiger charge is 2.59. The van der Waals surface area contributed by atoms with E-state index in [9.17, 15) is 18.0 Å². The van der Waals surface area contributed by atoms with Crippen molar-refractivity contribution in [2.24, 2.45) is 0 Å². The van der Waals surface area contributed by atoms with Gasteiger partial charge in [0, 0.05) is 17.5 Å². The maximum Gasteiger partial charge on any atom is 0.292 e. The molecule has 5 rings (SSSR count). The number of amides is 2. The highest BCUT2D eigenvalue weighted by Crippen LogP contribution is 2.42. The van der Waals surface area contributed by atoms with Crippen molar-refractivity contribution in [2.75, 3.05) is 0 Å². The molecule has 8 heteroatoms. The number of carbonyl (C=O) groups excluding carboxylic acids is 2. The molecule has 0 aromatic heterocycles. The van der Waals surface area contributed by atoms with Crippen molar-refractivity contribution in [3.05, 3.63) is 137 Å². The number of rotatable bonds is 7. The Kier molecular flexibility index (Phi) is 7.08. The average Bonchev–Trinajstić information content (AvgIpc) is 3.22. The van der Waals surface area contributed by atoms with Crippen LogP contribution in [0.25, 0.3) is 0 Å². The minimum absolute atomic E-state index is 0.0477. The van der Waals surface area contributed by atoms with Gasteiger partial charge in [0.1, 0.15) is 0 Å². The van der Waals surface area contributed by atoms with Gasteiger partial charge in [0.25, 0.3) is 21.8 Å². The van der Waals surface area contributed by atoms with Crippen molar-refractivity contribution in [3.63, 3.8) is 0 Å². The molecular weight excluding hydrogens is 512 g/mol. The standard InChI is InChI=1S/C31H28N2O5S/c1-22-17-19-26(20-18-22)39(36,37)33-29(27-16-10-9-11-23(27)2)38-31(30(33)35,21-24-12-5-3-6-13-24)32-28(34)25-14-7-4-8-15-25/h3-20,29H,21H2,1-2H3,(H,32,34). The molecule has 0 bridgehead atoms. The Morgan fingerprint density at radius 3 is 2.08 bits per heavy atom. The van der Waals surface area contributed by atoms with Gasteiger partial charge in [-0.2, -0.15) is 4.31 Å². The number of aryl methyl sites for hydroxylation is 2. The van der Waals surface area contributed by atoms with E-state index in [-0.39, 0.29) is 11.3 Å². The summed E-state index contributed by atoms with van der Waals surface area (Å²) in [6.07, 6.45) is -1.38. The molecule has 2 amide bonds. The number of nitrogens with one attached hydrogen (secondary N) is 1. The third-order valence-corrected chi connectivity index (χ3v) is 8.49. The molecule has 0 spiro atoms. The Morgan fingerprint density at radius 2 is 1.44 bits per heavy atom. The molecule has 2 atom stereocenters. The van der Waals surface area contributed by atoms with E-state index >= 15 is 0 Å². The molecule has 39 heavy (non-hydrogen) atoms. The van der Waals surface area contributed by atoms with Crippen LogP contribution < -0.4 is 5.32 Å². The molecule has 1 saturated heterocycles. The number of ether oxygens (including phenoxy) is 1. The maximum absolute atomic E-state index is 14.4. The second-order valence-corrected chi connectivity index (χ2v) is 11.4. The highest BCUT2D eigenvalue weighted by molar-refractivity contribution is 7.89. The van der Waals surface area contributed by atoms with E-state index in [1.165, 1.54) is 12.1 Å². The monoisotopic (exact) mass is 540 g/mol. The molecule has 198 valence electrons. The minimum Gasteiger partial charge on any atom is -0.317 e. The van der Waals surface area contributed by atoms with Crippen LogP contribution in [0.4, 0.5) is 0 Å². The van der Waals surface area contributed by atoms with Gasteiger partial charge in [-0.25, -0.2) is 8.42 Å². The number of hydrogen-bond acceptors (Lipinski definition) is 5. The molecule has 1 N–H and O–H groups in total. The molecule has 0 aliphatic carbocycles. The lowest BCUT2D eigenvalue weighted by Crippen LogP contribution is -2.57. The van der Waals surface area contributed by atoms with Crippen molar-refractivity contribution in [1.82, 2.24) is 9.62 Å². The lowest BCUT2D eigenvalue weighted by Gasteiger charge is -2.27. The lowest BCUT2D eigenvalue weighted by atomic mass is 10.0. The predicted octanol–water partition coefficient (Wildman–Crippen LogP) is 4.92. The number of nitrogens with zero attached hydrogens (tertiary/aromatic N) is 1. The largest absolute Gasteiger partial charge is 0.317 e. The third-order valence-electron chi connectivity index (χ3n) is 6.75. The molecule has 2 unspecified atom stereocenters. The van der Waals surface area contributed by atoms with Crippen molar-refractivity contribution in [3.8, 4) is 0 Å². The number of sulfonamides is 1. The summed E-state index contributed by atoms with van der Waals surface area (Å²) in [5.74, 6) is -1.43. The van der Waals surface area contributed by atoms with Crippen molar-refractivity contribution in [1.29, 1.82) is 0 Å². The zero-order chi connectivity index (χ0) is 27.6. The minimum atomic E-state index is -4.37. The van der Waals surface area contributed by atoms with Crippen molar-refractivity contribution in [2.45, 2.75) is 37.1 Å². The highest BCUT2D eigenvalue weighted by atomic mass is 32.2. The maximum atomic E-state index is 14.4. The fourth-order valence-corrected chi connectivity index (χ4v) is 6.14. The summed E-state index contributed by atoms with van der Waals surface area (Å²) in [5.41, 5.74) is 1.14. The van der Waals surface area contributed by atoms with Gasteiger partial charge in [0.15, 0.2) is 6.23 Å². The van der Waals surface area contributed by atoms with E-state index in [0.717, 1.165) is 15.4 Å². The Balaban J connectivity index is 1.67. The average molecular weight is 541 g/mol. The summed E-state index contributed by atoms with van der Waals surface area (Å²) in [7, 11) is -4.37. The predicted molar refractivity (Wildman–Crippen MR) is 147 cm³/mol. The van der Waals surface area contributed by atoms with E-state index in [4.69, 9.17) is 4.74 Å². The van der Waals surface area contributed by atoms with Gasteiger partial charge in [-0.3, -0.25) is 9.59 Å². The molecule has 1 heterocycles. The molecule has 4 aromatic rings. The SMILES string of the molecule is Cc1ccc(S(=O)(=O)N2C(=O)C(Cc3ccccc3)(NC(=O)c3ccccc3)OC2c2ccccc2C)cc1. The fraction of sp³-hybridized carbons (Fsp3) is 0.161. The summed E-state index contributed by atoms with van der Waals surface area (Å²) in [5, 5.41) is 2.77. The van der Waals surface area contributed by atoms with Gasteiger partial charge in [0.2, 0.25) is 5.72 Å². The summed E-state index contributed by atoms with van der Waals surface area (Å²) < 4.78 is 35.3. The quantitative estimate of drug-likeness (QED) is 0.359. The molecular formula is C31H28N2O5S. The first kappa shape index (κ1) is 26.3.